The molecular weight excluding hydrogens is 420 g/mol. The molecule has 0 spiro atoms. The fourth-order valence-electron chi connectivity index (χ4n) is 2.78. The molecule has 0 heterocycles. The first-order chi connectivity index (χ1) is 13.2. The molecule has 0 N–H and O–H groups in total. The molecular formula is C22H27BrN2O3. The Morgan fingerprint density at radius 3 is 2.29 bits per heavy atom. The van der Waals surface area contributed by atoms with Crippen LogP contribution in [0.4, 0.5) is 0 Å². The Labute approximate surface area is 175 Å². The number of benzene rings is 2. The quantitative estimate of drug-likeness (QED) is 0.637. The van der Waals surface area contributed by atoms with Gasteiger partial charge in [0.15, 0.2) is 6.10 Å². The van der Waals surface area contributed by atoms with E-state index in [4.69, 9.17) is 4.74 Å². The number of nitrogens with zero attached hydrogens (tertiary/aromatic N) is 2. The predicted molar refractivity (Wildman–Crippen MR) is 115 cm³/mol. The number of carbonyl (C=O) groups excluding carboxylic acids is 2. The van der Waals surface area contributed by atoms with E-state index in [0.29, 0.717) is 24.4 Å². The summed E-state index contributed by atoms with van der Waals surface area (Å²) in [5.41, 5.74) is 2.71. The van der Waals surface area contributed by atoms with E-state index < -0.39 is 6.10 Å². The maximum atomic E-state index is 12.9. The lowest BCUT2D eigenvalue weighted by Gasteiger charge is -2.25. The molecule has 1 atom stereocenters. The zero-order chi connectivity index (χ0) is 20.8. The molecule has 28 heavy (non-hydrogen) atoms. The van der Waals surface area contributed by atoms with Gasteiger partial charge in [0.1, 0.15) is 5.75 Å². The van der Waals surface area contributed by atoms with Crippen LogP contribution in [-0.4, -0.2) is 48.4 Å². The van der Waals surface area contributed by atoms with Gasteiger partial charge in [-0.1, -0.05) is 18.2 Å². The third-order valence-corrected chi connectivity index (χ3v) is 5.03. The second kappa shape index (κ2) is 9.73. The van der Waals surface area contributed by atoms with Crippen molar-refractivity contribution >= 4 is 27.7 Å². The van der Waals surface area contributed by atoms with Gasteiger partial charge in [0, 0.05) is 32.7 Å². The first kappa shape index (κ1) is 22.0. The number of carbonyl (C=O) groups is 2. The van der Waals surface area contributed by atoms with Crippen LogP contribution in [0, 0.1) is 6.92 Å². The molecule has 0 saturated heterocycles. The smallest absolute Gasteiger partial charge is 0.263 e. The highest BCUT2D eigenvalue weighted by Gasteiger charge is 2.22. The average molecular weight is 447 g/mol. The van der Waals surface area contributed by atoms with Crippen molar-refractivity contribution in [2.24, 2.45) is 0 Å². The molecule has 1 unspecified atom stereocenters. The standard InChI is InChI=1S/C22H27BrN2O3/c1-6-25(14-17-8-10-18(11-9-17)22(27)24(4)5)21(26)16(3)28-20-12-7-15(2)13-19(20)23/h7-13,16H,6,14H2,1-5H3. The molecule has 0 bridgehead atoms. The van der Waals surface area contributed by atoms with Crippen molar-refractivity contribution in [3.63, 3.8) is 0 Å². The largest absolute Gasteiger partial charge is 0.480 e. The van der Waals surface area contributed by atoms with E-state index in [9.17, 15) is 9.59 Å². The van der Waals surface area contributed by atoms with Gasteiger partial charge < -0.3 is 14.5 Å². The van der Waals surface area contributed by atoms with E-state index in [1.807, 2.05) is 44.2 Å². The zero-order valence-corrected chi connectivity index (χ0v) is 18.6. The summed E-state index contributed by atoms with van der Waals surface area (Å²) in [5.74, 6) is 0.526. The molecule has 0 aromatic heterocycles. The zero-order valence-electron chi connectivity index (χ0n) is 17.0. The van der Waals surface area contributed by atoms with Crippen LogP contribution in [0.1, 0.15) is 35.3 Å². The number of likely N-dealkylation sites (N-methyl/N-ethyl adjacent to an activating group) is 1. The van der Waals surface area contributed by atoms with Crippen molar-refractivity contribution in [2.75, 3.05) is 20.6 Å². The Morgan fingerprint density at radius 1 is 1.11 bits per heavy atom. The van der Waals surface area contributed by atoms with Crippen molar-refractivity contribution in [3.8, 4) is 5.75 Å². The van der Waals surface area contributed by atoms with Gasteiger partial charge in [-0.3, -0.25) is 9.59 Å². The summed E-state index contributed by atoms with van der Waals surface area (Å²) in [6.45, 7) is 6.74. The lowest BCUT2D eigenvalue weighted by atomic mass is 10.1. The lowest BCUT2D eigenvalue weighted by Crippen LogP contribution is -2.40. The van der Waals surface area contributed by atoms with Crippen molar-refractivity contribution < 1.29 is 14.3 Å². The maximum Gasteiger partial charge on any atom is 0.263 e. The summed E-state index contributed by atoms with van der Waals surface area (Å²) in [4.78, 5) is 28.1. The molecule has 6 heteroatoms. The molecule has 2 amide bonds. The highest BCUT2D eigenvalue weighted by molar-refractivity contribution is 9.10. The molecule has 2 rings (SSSR count). The summed E-state index contributed by atoms with van der Waals surface area (Å²) in [7, 11) is 3.45. The summed E-state index contributed by atoms with van der Waals surface area (Å²) >= 11 is 3.48. The van der Waals surface area contributed by atoms with Crippen LogP contribution in [0.3, 0.4) is 0 Å². The summed E-state index contributed by atoms with van der Waals surface area (Å²) < 4.78 is 6.70. The van der Waals surface area contributed by atoms with Gasteiger partial charge in [0.2, 0.25) is 0 Å². The highest BCUT2D eigenvalue weighted by Crippen LogP contribution is 2.27. The van der Waals surface area contributed by atoms with Gasteiger partial charge in [-0.2, -0.15) is 0 Å². The Hall–Kier alpha value is -2.34. The fraction of sp³-hybridized carbons (Fsp3) is 0.364. The van der Waals surface area contributed by atoms with Gasteiger partial charge in [-0.15, -0.1) is 0 Å². The maximum absolute atomic E-state index is 12.9. The monoisotopic (exact) mass is 446 g/mol. The average Bonchev–Trinajstić information content (AvgIpc) is 2.67. The van der Waals surface area contributed by atoms with Crippen LogP contribution in [0.5, 0.6) is 5.75 Å². The van der Waals surface area contributed by atoms with Crippen molar-refractivity contribution in [1.29, 1.82) is 0 Å². The first-order valence-electron chi connectivity index (χ1n) is 9.25. The molecule has 0 aliphatic carbocycles. The summed E-state index contributed by atoms with van der Waals surface area (Å²) in [6.07, 6.45) is -0.603. The van der Waals surface area contributed by atoms with Gasteiger partial charge in [-0.05, 0) is 72.1 Å². The minimum Gasteiger partial charge on any atom is -0.480 e. The molecule has 0 aliphatic heterocycles. The second-order valence-electron chi connectivity index (χ2n) is 6.94. The van der Waals surface area contributed by atoms with Gasteiger partial charge in [-0.25, -0.2) is 0 Å². The normalized spacial score (nSPS) is 11.6. The van der Waals surface area contributed by atoms with E-state index >= 15 is 0 Å². The number of rotatable bonds is 7. The van der Waals surface area contributed by atoms with Crippen molar-refractivity contribution in [3.05, 3.63) is 63.6 Å². The predicted octanol–water partition coefficient (Wildman–Crippen LogP) is 4.28. The molecule has 5 nitrogen and oxygen atoms in total. The van der Waals surface area contributed by atoms with E-state index in [0.717, 1.165) is 15.6 Å². The number of halogens is 1. The number of amides is 2. The molecule has 2 aromatic rings. The lowest BCUT2D eigenvalue weighted by molar-refractivity contribution is -0.138. The summed E-state index contributed by atoms with van der Waals surface area (Å²) in [5, 5.41) is 0. The van der Waals surface area contributed by atoms with E-state index in [1.54, 1.807) is 43.0 Å². The van der Waals surface area contributed by atoms with Gasteiger partial charge in [0.25, 0.3) is 11.8 Å². The van der Waals surface area contributed by atoms with E-state index in [-0.39, 0.29) is 11.8 Å². The third kappa shape index (κ3) is 5.58. The third-order valence-electron chi connectivity index (χ3n) is 4.41. The van der Waals surface area contributed by atoms with Crippen LogP contribution in [0.15, 0.2) is 46.9 Å². The number of hydrogen-bond donors (Lipinski definition) is 0. The number of aryl methyl sites for hydroxylation is 1. The number of ether oxygens (including phenoxy) is 1. The van der Waals surface area contributed by atoms with Crippen LogP contribution < -0.4 is 4.74 Å². The first-order valence-corrected chi connectivity index (χ1v) is 10.0. The Morgan fingerprint density at radius 2 is 1.75 bits per heavy atom. The minimum atomic E-state index is -0.603. The topological polar surface area (TPSA) is 49.9 Å². The van der Waals surface area contributed by atoms with Crippen LogP contribution in [0.2, 0.25) is 0 Å². The SMILES string of the molecule is CCN(Cc1ccc(C(=O)N(C)C)cc1)C(=O)C(C)Oc1ccc(C)cc1Br. The van der Waals surface area contributed by atoms with E-state index in [1.165, 1.54) is 0 Å². The summed E-state index contributed by atoms with van der Waals surface area (Å²) in [6, 6.07) is 13.1. The van der Waals surface area contributed by atoms with Gasteiger partial charge in [0.05, 0.1) is 4.47 Å². The van der Waals surface area contributed by atoms with Gasteiger partial charge >= 0.3 is 0 Å². The molecule has 0 fully saturated rings. The van der Waals surface area contributed by atoms with Crippen LogP contribution >= 0.6 is 15.9 Å². The Kier molecular flexibility index (Phi) is 7.63. The minimum absolute atomic E-state index is 0.0410. The van der Waals surface area contributed by atoms with Crippen molar-refractivity contribution in [2.45, 2.75) is 33.4 Å². The Bertz CT molecular complexity index is 834. The number of hydrogen-bond acceptors (Lipinski definition) is 3. The fourth-order valence-corrected chi connectivity index (χ4v) is 3.36. The molecule has 2 aromatic carbocycles. The Balaban J connectivity index is 2.05. The molecule has 0 radical (unpaired) electrons. The highest BCUT2D eigenvalue weighted by atomic mass is 79.9. The van der Waals surface area contributed by atoms with Crippen LogP contribution in [0.25, 0.3) is 0 Å². The molecule has 0 saturated carbocycles. The van der Waals surface area contributed by atoms with Crippen LogP contribution in [-0.2, 0) is 11.3 Å². The second-order valence-corrected chi connectivity index (χ2v) is 7.80. The van der Waals surface area contributed by atoms with E-state index in [2.05, 4.69) is 15.9 Å². The molecule has 0 aliphatic rings. The molecule has 150 valence electrons. The van der Waals surface area contributed by atoms with Crippen molar-refractivity contribution in [1.82, 2.24) is 9.80 Å².